The number of carbonyl (C=O) groups is 1. The SMILES string of the molecule is CC1CCCN(C(=O)N/C=C/c2ccccc2)C1. The summed E-state index contributed by atoms with van der Waals surface area (Å²) < 4.78 is 0. The van der Waals surface area contributed by atoms with E-state index in [-0.39, 0.29) is 6.03 Å². The third-order valence-electron chi connectivity index (χ3n) is 3.23. The molecule has 1 aromatic rings. The lowest BCUT2D eigenvalue weighted by Crippen LogP contribution is -2.43. The minimum Gasteiger partial charge on any atom is -0.324 e. The average Bonchev–Trinajstić information content (AvgIpc) is 2.40. The third kappa shape index (κ3) is 3.62. The van der Waals surface area contributed by atoms with Gasteiger partial charge in [-0.25, -0.2) is 4.79 Å². The van der Waals surface area contributed by atoms with Crippen LogP contribution >= 0.6 is 0 Å². The van der Waals surface area contributed by atoms with E-state index in [0.29, 0.717) is 5.92 Å². The monoisotopic (exact) mass is 244 g/mol. The van der Waals surface area contributed by atoms with Crippen molar-refractivity contribution in [2.75, 3.05) is 13.1 Å². The molecule has 18 heavy (non-hydrogen) atoms. The van der Waals surface area contributed by atoms with Crippen molar-refractivity contribution >= 4 is 12.1 Å². The Labute approximate surface area is 108 Å². The van der Waals surface area contributed by atoms with E-state index in [1.165, 1.54) is 6.42 Å². The van der Waals surface area contributed by atoms with Crippen LogP contribution in [0, 0.1) is 5.92 Å². The zero-order chi connectivity index (χ0) is 12.8. The van der Waals surface area contributed by atoms with Gasteiger partial charge in [-0.1, -0.05) is 37.3 Å². The average molecular weight is 244 g/mol. The molecule has 1 unspecified atom stereocenters. The third-order valence-corrected chi connectivity index (χ3v) is 3.23. The summed E-state index contributed by atoms with van der Waals surface area (Å²) >= 11 is 0. The molecule has 0 saturated carbocycles. The number of likely N-dealkylation sites (tertiary alicyclic amines) is 1. The van der Waals surface area contributed by atoms with Gasteiger partial charge in [0, 0.05) is 19.3 Å². The number of amides is 2. The molecule has 3 heteroatoms. The molecule has 1 N–H and O–H groups in total. The molecule has 1 heterocycles. The smallest absolute Gasteiger partial charge is 0.321 e. The van der Waals surface area contributed by atoms with Gasteiger partial charge >= 0.3 is 6.03 Å². The van der Waals surface area contributed by atoms with Gasteiger partial charge < -0.3 is 10.2 Å². The Kier molecular flexibility index (Phi) is 4.40. The standard InChI is InChI=1S/C15H20N2O/c1-13-6-5-11-17(12-13)15(18)16-10-9-14-7-3-2-4-8-14/h2-4,7-10,13H,5-6,11-12H2,1H3,(H,16,18)/b10-9+. The highest BCUT2D eigenvalue weighted by Crippen LogP contribution is 2.15. The van der Waals surface area contributed by atoms with Gasteiger partial charge in [0.05, 0.1) is 0 Å². The molecule has 1 fully saturated rings. The summed E-state index contributed by atoms with van der Waals surface area (Å²) in [5, 5.41) is 2.83. The molecule has 0 aliphatic carbocycles. The Morgan fingerprint density at radius 1 is 1.39 bits per heavy atom. The van der Waals surface area contributed by atoms with Gasteiger partial charge in [0.2, 0.25) is 0 Å². The molecule has 0 aromatic heterocycles. The summed E-state index contributed by atoms with van der Waals surface area (Å²) in [6.07, 6.45) is 5.96. The van der Waals surface area contributed by atoms with Gasteiger partial charge in [0.25, 0.3) is 0 Å². The Balaban J connectivity index is 1.83. The molecular weight excluding hydrogens is 224 g/mol. The van der Waals surface area contributed by atoms with Crippen LogP contribution in [0.5, 0.6) is 0 Å². The molecule has 96 valence electrons. The number of carbonyl (C=O) groups excluding carboxylic acids is 1. The van der Waals surface area contributed by atoms with Crippen LogP contribution in [0.2, 0.25) is 0 Å². The largest absolute Gasteiger partial charge is 0.324 e. The first kappa shape index (κ1) is 12.7. The normalized spacial score (nSPS) is 20.1. The van der Waals surface area contributed by atoms with Gasteiger partial charge in [-0.2, -0.15) is 0 Å². The Hall–Kier alpha value is -1.77. The second kappa shape index (κ2) is 6.24. The first-order valence-corrected chi connectivity index (χ1v) is 6.53. The number of urea groups is 1. The zero-order valence-corrected chi connectivity index (χ0v) is 10.8. The first-order valence-electron chi connectivity index (χ1n) is 6.53. The molecule has 0 spiro atoms. The van der Waals surface area contributed by atoms with Crippen molar-refractivity contribution in [1.29, 1.82) is 0 Å². The number of nitrogens with zero attached hydrogens (tertiary/aromatic N) is 1. The number of nitrogens with one attached hydrogen (secondary N) is 1. The number of rotatable bonds is 2. The minimum atomic E-state index is 0.00808. The van der Waals surface area contributed by atoms with E-state index in [1.54, 1.807) is 6.20 Å². The van der Waals surface area contributed by atoms with Crippen molar-refractivity contribution in [3.05, 3.63) is 42.1 Å². The van der Waals surface area contributed by atoms with Crippen molar-refractivity contribution in [2.45, 2.75) is 19.8 Å². The van der Waals surface area contributed by atoms with E-state index in [9.17, 15) is 4.79 Å². The van der Waals surface area contributed by atoms with E-state index < -0.39 is 0 Å². The Morgan fingerprint density at radius 2 is 2.17 bits per heavy atom. The molecule has 1 aliphatic heterocycles. The molecule has 1 saturated heterocycles. The van der Waals surface area contributed by atoms with Crippen molar-refractivity contribution < 1.29 is 4.79 Å². The molecule has 1 aromatic carbocycles. The second-order valence-corrected chi connectivity index (χ2v) is 4.89. The summed E-state index contributed by atoms with van der Waals surface area (Å²) in [4.78, 5) is 13.8. The number of hydrogen-bond donors (Lipinski definition) is 1. The second-order valence-electron chi connectivity index (χ2n) is 4.89. The number of hydrogen-bond acceptors (Lipinski definition) is 1. The van der Waals surface area contributed by atoms with E-state index in [0.717, 1.165) is 25.1 Å². The lowest BCUT2D eigenvalue weighted by Gasteiger charge is -2.30. The maximum absolute atomic E-state index is 11.9. The lowest BCUT2D eigenvalue weighted by atomic mass is 10.0. The lowest BCUT2D eigenvalue weighted by molar-refractivity contribution is 0.173. The van der Waals surface area contributed by atoms with Gasteiger partial charge in [0.15, 0.2) is 0 Å². The van der Waals surface area contributed by atoms with Gasteiger partial charge in [0.1, 0.15) is 0 Å². The quantitative estimate of drug-likeness (QED) is 0.851. The van der Waals surface area contributed by atoms with Gasteiger partial charge in [-0.15, -0.1) is 0 Å². The predicted molar refractivity (Wildman–Crippen MR) is 74.0 cm³/mol. The fraction of sp³-hybridized carbons (Fsp3) is 0.400. The summed E-state index contributed by atoms with van der Waals surface area (Å²) in [6.45, 7) is 3.93. The molecule has 1 aliphatic rings. The van der Waals surface area contributed by atoms with Crippen molar-refractivity contribution in [3.8, 4) is 0 Å². The number of benzene rings is 1. The van der Waals surface area contributed by atoms with Gasteiger partial charge in [-0.3, -0.25) is 0 Å². The van der Waals surface area contributed by atoms with E-state index >= 15 is 0 Å². The van der Waals surface area contributed by atoms with Crippen LogP contribution in [-0.2, 0) is 0 Å². The van der Waals surface area contributed by atoms with Crippen LogP contribution < -0.4 is 5.32 Å². The summed E-state index contributed by atoms with van der Waals surface area (Å²) in [6, 6.07) is 9.96. The molecule has 2 amide bonds. The van der Waals surface area contributed by atoms with Crippen molar-refractivity contribution in [2.24, 2.45) is 5.92 Å². The fourth-order valence-corrected chi connectivity index (χ4v) is 2.24. The molecule has 1 atom stereocenters. The van der Waals surface area contributed by atoms with Crippen molar-refractivity contribution in [1.82, 2.24) is 10.2 Å². The fourth-order valence-electron chi connectivity index (χ4n) is 2.24. The van der Waals surface area contributed by atoms with Crippen LogP contribution in [-0.4, -0.2) is 24.0 Å². The summed E-state index contributed by atoms with van der Waals surface area (Å²) in [7, 11) is 0. The molecular formula is C15H20N2O. The number of piperidine rings is 1. The maximum Gasteiger partial charge on any atom is 0.321 e. The highest BCUT2D eigenvalue weighted by Gasteiger charge is 2.19. The van der Waals surface area contributed by atoms with Crippen LogP contribution in [0.4, 0.5) is 4.79 Å². The van der Waals surface area contributed by atoms with E-state index in [1.807, 2.05) is 41.3 Å². The molecule has 0 radical (unpaired) electrons. The summed E-state index contributed by atoms with van der Waals surface area (Å²) in [5.74, 6) is 0.614. The molecule has 2 rings (SSSR count). The maximum atomic E-state index is 11.9. The molecule has 3 nitrogen and oxygen atoms in total. The van der Waals surface area contributed by atoms with Crippen LogP contribution in [0.3, 0.4) is 0 Å². The Bertz CT molecular complexity index is 414. The van der Waals surface area contributed by atoms with Gasteiger partial charge in [-0.05, 0) is 30.4 Å². The summed E-state index contributed by atoms with van der Waals surface area (Å²) in [5.41, 5.74) is 1.09. The topological polar surface area (TPSA) is 32.3 Å². The first-order chi connectivity index (χ1) is 8.75. The highest BCUT2D eigenvalue weighted by atomic mass is 16.2. The predicted octanol–water partition coefficient (Wildman–Crippen LogP) is 3.10. The van der Waals surface area contributed by atoms with E-state index in [2.05, 4.69) is 12.2 Å². The van der Waals surface area contributed by atoms with E-state index in [4.69, 9.17) is 0 Å². The highest BCUT2D eigenvalue weighted by molar-refractivity contribution is 5.76. The molecule has 0 bridgehead atoms. The zero-order valence-electron chi connectivity index (χ0n) is 10.8. The van der Waals surface area contributed by atoms with Crippen LogP contribution in [0.1, 0.15) is 25.3 Å². The van der Waals surface area contributed by atoms with Crippen molar-refractivity contribution in [3.63, 3.8) is 0 Å². The minimum absolute atomic E-state index is 0.00808. The van der Waals surface area contributed by atoms with Crippen LogP contribution in [0.15, 0.2) is 36.5 Å². The van der Waals surface area contributed by atoms with Crippen LogP contribution in [0.25, 0.3) is 6.08 Å². The Morgan fingerprint density at radius 3 is 2.89 bits per heavy atom.